The fourth-order valence-electron chi connectivity index (χ4n) is 6.40. The van der Waals surface area contributed by atoms with Crippen molar-refractivity contribution >= 4 is 11.6 Å². The van der Waals surface area contributed by atoms with Gasteiger partial charge in [0.2, 0.25) is 5.91 Å². The molecule has 4 aliphatic carbocycles. The Bertz CT molecular complexity index is 564. The van der Waals surface area contributed by atoms with Crippen LogP contribution in [-0.2, 0) is 4.79 Å². The molecule has 3 heteroatoms. The highest BCUT2D eigenvalue weighted by Crippen LogP contribution is 2.69. The molecule has 0 unspecified atom stereocenters. The third-order valence-electron chi connectivity index (χ3n) is 6.05. The normalized spacial score (nSPS) is 43.8. The van der Waals surface area contributed by atoms with Crippen LogP contribution in [-0.4, -0.2) is 10.9 Å². The van der Waals surface area contributed by atoms with Crippen LogP contribution >= 0.6 is 0 Å². The number of carbonyl (C=O) groups excluding carboxylic acids is 1. The van der Waals surface area contributed by atoms with Crippen LogP contribution in [0.2, 0.25) is 0 Å². The monoisotopic (exact) mass is 284 g/mol. The number of hydrogen-bond donors (Lipinski definition) is 1. The number of pyridine rings is 1. The third kappa shape index (κ3) is 2.09. The van der Waals surface area contributed by atoms with Gasteiger partial charge in [0, 0.05) is 18.1 Å². The lowest BCUT2D eigenvalue weighted by atomic mass is 9.40. The molecule has 112 valence electrons. The van der Waals surface area contributed by atoms with Gasteiger partial charge in [0.25, 0.3) is 0 Å². The Hall–Kier alpha value is -1.38. The molecule has 0 saturated heterocycles. The van der Waals surface area contributed by atoms with Crippen LogP contribution in [0.5, 0.6) is 0 Å². The molecule has 4 aliphatic rings. The zero-order valence-corrected chi connectivity index (χ0v) is 13.0. The van der Waals surface area contributed by atoms with Gasteiger partial charge in [0.1, 0.15) is 0 Å². The summed E-state index contributed by atoms with van der Waals surface area (Å²) in [6.45, 7) is 4.81. The summed E-state index contributed by atoms with van der Waals surface area (Å²) in [4.78, 5) is 17.0. The molecular formula is C18H24N2O. The van der Waals surface area contributed by atoms with Crippen LogP contribution in [0.3, 0.4) is 0 Å². The highest BCUT2D eigenvalue weighted by Gasteiger charge is 2.62. The van der Waals surface area contributed by atoms with E-state index in [9.17, 15) is 4.79 Å². The number of nitrogens with one attached hydrogen (secondary N) is 1. The number of hydrogen-bond acceptors (Lipinski definition) is 2. The summed E-state index contributed by atoms with van der Waals surface area (Å²) in [5.74, 6) is 0.995. The number of nitrogens with zero attached hydrogens (tertiary/aromatic N) is 1. The average molecular weight is 284 g/mol. The van der Waals surface area contributed by atoms with Crippen molar-refractivity contribution in [2.45, 2.75) is 52.4 Å². The zero-order valence-electron chi connectivity index (χ0n) is 13.0. The van der Waals surface area contributed by atoms with Crippen molar-refractivity contribution in [1.29, 1.82) is 0 Å². The molecule has 5 rings (SSSR count). The predicted molar refractivity (Wildman–Crippen MR) is 82.7 cm³/mol. The predicted octanol–water partition coefficient (Wildman–Crippen LogP) is 4.02. The number of rotatable bonds is 2. The molecule has 0 aromatic carbocycles. The first-order valence-electron chi connectivity index (χ1n) is 8.12. The smallest absolute Gasteiger partial charge is 0.230 e. The van der Waals surface area contributed by atoms with Crippen LogP contribution in [0, 0.1) is 22.2 Å². The maximum absolute atomic E-state index is 13.0. The van der Waals surface area contributed by atoms with Crippen LogP contribution in [0.4, 0.5) is 5.69 Å². The summed E-state index contributed by atoms with van der Waals surface area (Å²) in [7, 11) is 0. The fraction of sp³-hybridized carbons (Fsp3) is 0.667. The van der Waals surface area contributed by atoms with E-state index in [1.807, 2.05) is 12.1 Å². The molecule has 1 heterocycles. The minimum Gasteiger partial charge on any atom is -0.325 e. The molecule has 3 nitrogen and oxygen atoms in total. The molecule has 0 radical (unpaired) electrons. The highest BCUT2D eigenvalue weighted by molar-refractivity contribution is 5.95. The first kappa shape index (κ1) is 13.3. The van der Waals surface area contributed by atoms with E-state index >= 15 is 0 Å². The Balaban J connectivity index is 1.63. The molecular weight excluding hydrogens is 260 g/mol. The first-order chi connectivity index (χ1) is 9.91. The van der Waals surface area contributed by atoms with Gasteiger partial charge in [-0.25, -0.2) is 0 Å². The number of anilines is 1. The second-order valence-electron chi connectivity index (χ2n) is 8.60. The third-order valence-corrected chi connectivity index (χ3v) is 6.05. The minimum absolute atomic E-state index is 0.133. The Morgan fingerprint density at radius 1 is 1.10 bits per heavy atom. The SMILES string of the molecule is C[C@]12CC3CC(C(=O)Nc4ccncc4)(C1)C[C@](C)(C3)C2. The molecule has 1 aromatic heterocycles. The summed E-state index contributed by atoms with van der Waals surface area (Å²) in [5.41, 5.74) is 1.50. The Morgan fingerprint density at radius 3 is 2.29 bits per heavy atom. The van der Waals surface area contributed by atoms with E-state index in [2.05, 4.69) is 24.1 Å². The molecule has 0 spiro atoms. The minimum atomic E-state index is -0.133. The number of carbonyl (C=O) groups is 1. The molecule has 0 aliphatic heterocycles. The molecule has 1 aromatic rings. The maximum atomic E-state index is 13.0. The lowest BCUT2D eigenvalue weighted by molar-refractivity contribution is -0.165. The molecule has 4 bridgehead atoms. The topological polar surface area (TPSA) is 42.0 Å². The summed E-state index contributed by atoms with van der Waals surface area (Å²) in [6.07, 6.45) is 10.7. The molecule has 2 atom stereocenters. The van der Waals surface area contributed by atoms with Crippen molar-refractivity contribution in [2.75, 3.05) is 5.32 Å². The van der Waals surface area contributed by atoms with Gasteiger partial charge in [-0.05, 0) is 67.4 Å². The van der Waals surface area contributed by atoms with Gasteiger partial charge >= 0.3 is 0 Å². The second kappa shape index (κ2) is 4.08. The van der Waals surface area contributed by atoms with E-state index in [-0.39, 0.29) is 11.3 Å². The van der Waals surface area contributed by atoms with Gasteiger partial charge in [0.15, 0.2) is 0 Å². The number of amides is 1. The van der Waals surface area contributed by atoms with Crippen molar-refractivity contribution in [1.82, 2.24) is 4.98 Å². The molecule has 4 fully saturated rings. The zero-order chi connectivity index (χ0) is 14.7. The highest BCUT2D eigenvalue weighted by atomic mass is 16.2. The Morgan fingerprint density at radius 2 is 1.71 bits per heavy atom. The molecule has 21 heavy (non-hydrogen) atoms. The lowest BCUT2D eigenvalue weighted by Gasteiger charge is -2.64. The summed E-state index contributed by atoms with van der Waals surface area (Å²) in [6, 6.07) is 3.75. The van der Waals surface area contributed by atoms with Crippen molar-refractivity contribution in [3.63, 3.8) is 0 Å². The lowest BCUT2D eigenvalue weighted by Crippen LogP contribution is -2.58. The van der Waals surface area contributed by atoms with Crippen molar-refractivity contribution < 1.29 is 4.79 Å². The van der Waals surface area contributed by atoms with Gasteiger partial charge in [-0.1, -0.05) is 13.8 Å². The van der Waals surface area contributed by atoms with Crippen LogP contribution in [0.15, 0.2) is 24.5 Å². The Kier molecular flexibility index (Phi) is 2.59. The van der Waals surface area contributed by atoms with Gasteiger partial charge in [-0.15, -0.1) is 0 Å². The van der Waals surface area contributed by atoms with E-state index < -0.39 is 0 Å². The molecule has 1 amide bonds. The van der Waals surface area contributed by atoms with Gasteiger partial charge < -0.3 is 5.32 Å². The van der Waals surface area contributed by atoms with E-state index in [4.69, 9.17) is 0 Å². The summed E-state index contributed by atoms with van der Waals surface area (Å²) < 4.78 is 0. The summed E-state index contributed by atoms with van der Waals surface area (Å²) in [5, 5.41) is 3.15. The summed E-state index contributed by atoms with van der Waals surface area (Å²) >= 11 is 0. The maximum Gasteiger partial charge on any atom is 0.230 e. The fourth-order valence-corrected chi connectivity index (χ4v) is 6.40. The van der Waals surface area contributed by atoms with E-state index in [0.29, 0.717) is 10.8 Å². The largest absolute Gasteiger partial charge is 0.325 e. The quantitative estimate of drug-likeness (QED) is 0.891. The van der Waals surface area contributed by atoms with E-state index in [1.54, 1.807) is 12.4 Å². The van der Waals surface area contributed by atoms with Crippen LogP contribution in [0.1, 0.15) is 52.4 Å². The number of aromatic nitrogens is 1. The van der Waals surface area contributed by atoms with E-state index in [0.717, 1.165) is 30.9 Å². The van der Waals surface area contributed by atoms with Crippen molar-refractivity contribution in [3.05, 3.63) is 24.5 Å². The van der Waals surface area contributed by atoms with Crippen molar-refractivity contribution in [2.24, 2.45) is 22.2 Å². The first-order valence-corrected chi connectivity index (χ1v) is 8.12. The van der Waals surface area contributed by atoms with Crippen LogP contribution in [0.25, 0.3) is 0 Å². The molecule has 1 N–H and O–H groups in total. The van der Waals surface area contributed by atoms with Crippen LogP contribution < -0.4 is 5.32 Å². The van der Waals surface area contributed by atoms with Gasteiger partial charge in [-0.2, -0.15) is 0 Å². The average Bonchev–Trinajstić information content (AvgIpc) is 2.35. The van der Waals surface area contributed by atoms with Gasteiger partial charge in [-0.3, -0.25) is 9.78 Å². The van der Waals surface area contributed by atoms with E-state index in [1.165, 1.54) is 19.3 Å². The standard InChI is InChI=1S/C18H24N2O/c1-16-7-13-8-17(2,10-16)12-18(9-13,11-16)15(21)20-14-3-5-19-6-4-14/h3-6,13H,7-12H2,1-2H3,(H,19,20,21)/t13?,16-,17-,18?/m1/s1. The second-order valence-corrected chi connectivity index (χ2v) is 8.60. The van der Waals surface area contributed by atoms with Crippen molar-refractivity contribution in [3.8, 4) is 0 Å². The Labute approximate surface area is 126 Å². The van der Waals surface area contributed by atoms with Gasteiger partial charge in [0.05, 0.1) is 5.41 Å². The molecule has 4 saturated carbocycles.